The van der Waals surface area contributed by atoms with Crippen LogP contribution in [-0.4, -0.2) is 16.2 Å². The summed E-state index contributed by atoms with van der Waals surface area (Å²) in [5.74, 6) is 0.0700. The van der Waals surface area contributed by atoms with Gasteiger partial charge >= 0.3 is 0 Å². The fourth-order valence-corrected chi connectivity index (χ4v) is 2.27. The lowest BCUT2D eigenvalue weighted by atomic mass is 9.83. The predicted molar refractivity (Wildman–Crippen MR) is 68.6 cm³/mol. The van der Waals surface area contributed by atoms with Gasteiger partial charge < -0.3 is 5.11 Å². The number of ketones is 1. The second-order valence-electron chi connectivity index (χ2n) is 4.38. The minimum Gasteiger partial charge on any atom is -0.377 e. The quantitative estimate of drug-likeness (QED) is 0.845. The zero-order valence-corrected chi connectivity index (χ0v) is 11.2. The Morgan fingerprint density at radius 2 is 1.94 bits per heavy atom. The van der Waals surface area contributed by atoms with Crippen LogP contribution in [0.2, 0.25) is 0 Å². The second kappa shape index (κ2) is 5.60. The minimum atomic E-state index is -1.36. The van der Waals surface area contributed by atoms with Gasteiger partial charge in [0.2, 0.25) is 0 Å². The molecule has 0 aromatic heterocycles. The Morgan fingerprint density at radius 3 is 2.38 bits per heavy atom. The van der Waals surface area contributed by atoms with Crippen molar-refractivity contribution < 1.29 is 9.90 Å². The van der Waals surface area contributed by atoms with E-state index in [2.05, 4.69) is 15.9 Å². The molecule has 1 aromatic carbocycles. The first-order chi connectivity index (χ1) is 7.50. The highest BCUT2D eigenvalue weighted by molar-refractivity contribution is 9.09. The lowest BCUT2D eigenvalue weighted by molar-refractivity contribution is -0.137. The van der Waals surface area contributed by atoms with Crippen LogP contribution in [0, 0.1) is 5.92 Å². The number of hydrogen-bond acceptors (Lipinski definition) is 2. The molecule has 2 nitrogen and oxygen atoms in total. The third-order valence-electron chi connectivity index (χ3n) is 2.54. The van der Waals surface area contributed by atoms with Crippen LogP contribution in [0.1, 0.15) is 25.8 Å². The van der Waals surface area contributed by atoms with Crippen molar-refractivity contribution in [3.05, 3.63) is 35.9 Å². The first kappa shape index (κ1) is 13.4. The Bertz CT molecular complexity index is 348. The topological polar surface area (TPSA) is 37.3 Å². The maximum absolute atomic E-state index is 11.9. The van der Waals surface area contributed by atoms with Crippen molar-refractivity contribution in [3.63, 3.8) is 0 Å². The summed E-state index contributed by atoms with van der Waals surface area (Å²) in [6, 6.07) is 9.13. The summed E-state index contributed by atoms with van der Waals surface area (Å²) in [6.45, 7) is 3.99. The van der Waals surface area contributed by atoms with Crippen molar-refractivity contribution in [1.82, 2.24) is 0 Å². The van der Waals surface area contributed by atoms with E-state index in [1.807, 2.05) is 32.0 Å². The maximum Gasteiger partial charge on any atom is 0.179 e. The number of alkyl halides is 1. The van der Waals surface area contributed by atoms with E-state index in [4.69, 9.17) is 0 Å². The predicted octanol–water partition coefficient (Wildman–Crippen LogP) is 2.88. The molecular formula is C13H17BrO2. The Labute approximate surface area is 105 Å². The molecule has 0 aliphatic carbocycles. The molecule has 0 saturated carbocycles. The number of Topliss-reactive ketones (excluding diaryl/α,β-unsaturated/α-hetero) is 1. The molecule has 0 amide bonds. The first-order valence-electron chi connectivity index (χ1n) is 5.38. The third-order valence-corrected chi connectivity index (χ3v) is 3.05. The molecular weight excluding hydrogens is 268 g/mol. The van der Waals surface area contributed by atoms with Crippen LogP contribution in [0.3, 0.4) is 0 Å². The Hall–Kier alpha value is -0.670. The van der Waals surface area contributed by atoms with E-state index in [9.17, 15) is 9.90 Å². The average Bonchev–Trinajstić information content (AvgIpc) is 2.28. The van der Waals surface area contributed by atoms with Crippen molar-refractivity contribution in [3.8, 4) is 0 Å². The highest BCUT2D eigenvalue weighted by Crippen LogP contribution is 2.30. The Morgan fingerprint density at radius 1 is 1.38 bits per heavy atom. The van der Waals surface area contributed by atoms with Gasteiger partial charge in [-0.3, -0.25) is 4.79 Å². The van der Waals surface area contributed by atoms with Crippen LogP contribution in [0.15, 0.2) is 30.3 Å². The van der Waals surface area contributed by atoms with Gasteiger partial charge in [-0.2, -0.15) is 0 Å². The molecule has 0 fully saturated rings. The van der Waals surface area contributed by atoms with E-state index in [1.54, 1.807) is 12.1 Å². The van der Waals surface area contributed by atoms with Crippen LogP contribution < -0.4 is 0 Å². The normalized spacial score (nSPS) is 14.8. The summed E-state index contributed by atoms with van der Waals surface area (Å²) in [7, 11) is 0. The molecule has 0 radical (unpaired) electrons. The average molecular weight is 285 g/mol. The first-order valence-corrected chi connectivity index (χ1v) is 6.50. The van der Waals surface area contributed by atoms with E-state index >= 15 is 0 Å². The number of aliphatic hydroxyl groups is 1. The molecule has 0 aliphatic rings. The van der Waals surface area contributed by atoms with E-state index < -0.39 is 5.60 Å². The molecule has 88 valence electrons. The van der Waals surface area contributed by atoms with E-state index in [-0.39, 0.29) is 17.0 Å². The summed E-state index contributed by atoms with van der Waals surface area (Å²) in [6.07, 6.45) is 0.446. The summed E-state index contributed by atoms with van der Waals surface area (Å²) < 4.78 is 0. The van der Waals surface area contributed by atoms with E-state index in [0.29, 0.717) is 12.0 Å². The fraction of sp³-hybridized carbons (Fsp3) is 0.462. The maximum atomic E-state index is 11.9. The molecule has 0 saturated heterocycles. The molecule has 0 aliphatic heterocycles. The summed E-state index contributed by atoms with van der Waals surface area (Å²) in [4.78, 5) is 11.9. The van der Waals surface area contributed by atoms with Gasteiger partial charge in [0.25, 0.3) is 0 Å². The summed E-state index contributed by atoms with van der Waals surface area (Å²) >= 11 is 3.13. The van der Waals surface area contributed by atoms with Crippen molar-refractivity contribution >= 4 is 21.7 Å². The van der Waals surface area contributed by atoms with Gasteiger partial charge in [0.15, 0.2) is 5.78 Å². The van der Waals surface area contributed by atoms with E-state index in [1.165, 1.54) is 0 Å². The Balaban J connectivity index is 3.09. The van der Waals surface area contributed by atoms with Crippen LogP contribution >= 0.6 is 15.9 Å². The lowest BCUT2D eigenvalue weighted by Gasteiger charge is -2.28. The molecule has 0 bridgehead atoms. The fourth-order valence-electron chi connectivity index (χ4n) is 1.81. The van der Waals surface area contributed by atoms with Crippen molar-refractivity contribution in [2.24, 2.45) is 5.92 Å². The molecule has 1 atom stereocenters. The summed E-state index contributed by atoms with van der Waals surface area (Å²) in [5, 5.41) is 10.7. The number of benzene rings is 1. The highest BCUT2D eigenvalue weighted by Gasteiger charge is 2.36. The number of rotatable bonds is 5. The van der Waals surface area contributed by atoms with Gasteiger partial charge in [-0.25, -0.2) is 0 Å². The molecule has 1 N–H and O–H groups in total. The number of carbonyl (C=O) groups is 1. The van der Waals surface area contributed by atoms with Crippen LogP contribution in [-0.2, 0) is 10.4 Å². The number of carbonyl (C=O) groups excluding carboxylic acids is 1. The third kappa shape index (κ3) is 2.92. The van der Waals surface area contributed by atoms with Gasteiger partial charge in [0, 0.05) is 0 Å². The van der Waals surface area contributed by atoms with Crippen LogP contribution in [0.4, 0.5) is 0 Å². The minimum absolute atomic E-state index is 0.172. The van der Waals surface area contributed by atoms with E-state index in [0.717, 1.165) is 0 Å². The summed E-state index contributed by atoms with van der Waals surface area (Å²) in [5.41, 5.74) is -0.688. The van der Waals surface area contributed by atoms with Crippen molar-refractivity contribution in [1.29, 1.82) is 0 Å². The largest absolute Gasteiger partial charge is 0.377 e. The molecule has 0 heterocycles. The standard InChI is InChI=1S/C13H17BrO2/c1-10(2)8-13(16,12(15)9-14)11-6-4-3-5-7-11/h3-7,10,16H,8-9H2,1-2H3. The van der Waals surface area contributed by atoms with Crippen molar-refractivity contribution in [2.45, 2.75) is 25.9 Å². The monoisotopic (exact) mass is 284 g/mol. The highest BCUT2D eigenvalue weighted by atomic mass is 79.9. The second-order valence-corrected chi connectivity index (χ2v) is 4.94. The van der Waals surface area contributed by atoms with Gasteiger partial charge in [0.1, 0.15) is 5.60 Å². The SMILES string of the molecule is CC(C)CC(O)(C(=O)CBr)c1ccccc1. The van der Waals surface area contributed by atoms with Gasteiger partial charge in [-0.1, -0.05) is 60.1 Å². The molecule has 1 aromatic rings. The number of halogens is 1. The molecule has 0 spiro atoms. The van der Waals surface area contributed by atoms with Gasteiger partial charge in [0.05, 0.1) is 5.33 Å². The zero-order chi connectivity index (χ0) is 12.2. The molecule has 1 unspecified atom stereocenters. The zero-order valence-electron chi connectivity index (χ0n) is 9.61. The molecule has 16 heavy (non-hydrogen) atoms. The Kier molecular flexibility index (Phi) is 4.69. The van der Waals surface area contributed by atoms with Crippen LogP contribution in [0.5, 0.6) is 0 Å². The molecule has 1 rings (SSSR count). The molecule has 3 heteroatoms. The lowest BCUT2D eigenvalue weighted by Crippen LogP contribution is -2.38. The van der Waals surface area contributed by atoms with Crippen LogP contribution in [0.25, 0.3) is 0 Å². The number of hydrogen-bond donors (Lipinski definition) is 1. The smallest absolute Gasteiger partial charge is 0.179 e. The van der Waals surface area contributed by atoms with Crippen molar-refractivity contribution in [2.75, 3.05) is 5.33 Å². The van der Waals surface area contributed by atoms with Gasteiger partial charge in [-0.15, -0.1) is 0 Å². The van der Waals surface area contributed by atoms with Gasteiger partial charge in [-0.05, 0) is 17.9 Å².